The highest BCUT2D eigenvalue weighted by Gasteiger charge is 2.24. The van der Waals surface area contributed by atoms with E-state index in [0.717, 1.165) is 5.56 Å². The predicted octanol–water partition coefficient (Wildman–Crippen LogP) is 3.03. The maximum atomic E-state index is 12.6. The zero-order chi connectivity index (χ0) is 18.6. The van der Waals surface area contributed by atoms with Crippen molar-refractivity contribution in [1.29, 1.82) is 5.26 Å². The van der Waals surface area contributed by atoms with Crippen molar-refractivity contribution in [3.8, 4) is 6.07 Å². The fourth-order valence-corrected chi connectivity index (χ4v) is 2.73. The average molecular weight is 339 g/mol. The maximum absolute atomic E-state index is 12.6. The Labute approximate surface area is 146 Å². The van der Waals surface area contributed by atoms with Crippen molar-refractivity contribution in [3.05, 3.63) is 57.9 Å². The van der Waals surface area contributed by atoms with Crippen LogP contribution in [0.1, 0.15) is 63.1 Å². The van der Waals surface area contributed by atoms with Crippen molar-refractivity contribution < 1.29 is 14.3 Å². The summed E-state index contributed by atoms with van der Waals surface area (Å²) in [5, 5.41) is 11.8. The number of ether oxygens (including phenoxy) is 1. The number of carbonyl (C=O) groups is 2. The second kappa shape index (κ2) is 7.67. The SMILES string of the molecule is CCc1[nH]c(C(=O)NC(C)c2ccc(C#N)cc2)c(C)c1C(=O)OC. The molecule has 1 unspecified atom stereocenters. The van der Waals surface area contributed by atoms with Gasteiger partial charge in [0.05, 0.1) is 30.3 Å². The van der Waals surface area contributed by atoms with E-state index in [-0.39, 0.29) is 11.9 Å². The summed E-state index contributed by atoms with van der Waals surface area (Å²) in [5.74, 6) is -0.746. The molecule has 0 aliphatic rings. The van der Waals surface area contributed by atoms with Gasteiger partial charge in [-0.3, -0.25) is 4.79 Å². The summed E-state index contributed by atoms with van der Waals surface area (Å²) >= 11 is 0. The molecule has 0 radical (unpaired) electrons. The molecule has 1 atom stereocenters. The van der Waals surface area contributed by atoms with Crippen molar-refractivity contribution >= 4 is 11.9 Å². The van der Waals surface area contributed by atoms with Gasteiger partial charge in [-0.15, -0.1) is 0 Å². The van der Waals surface area contributed by atoms with E-state index in [1.54, 1.807) is 19.1 Å². The van der Waals surface area contributed by atoms with Crippen LogP contribution in [0.5, 0.6) is 0 Å². The lowest BCUT2D eigenvalue weighted by atomic mass is 10.1. The molecule has 0 saturated carbocycles. The Morgan fingerprint density at radius 1 is 1.32 bits per heavy atom. The summed E-state index contributed by atoms with van der Waals surface area (Å²) < 4.78 is 4.81. The topological polar surface area (TPSA) is 95.0 Å². The van der Waals surface area contributed by atoms with Crippen LogP contribution in [0.2, 0.25) is 0 Å². The number of H-pyrrole nitrogens is 1. The number of carbonyl (C=O) groups excluding carboxylic acids is 2. The molecule has 6 heteroatoms. The normalized spacial score (nSPS) is 11.5. The zero-order valence-electron chi connectivity index (χ0n) is 14.8. The third-order valence-electron chi connectivity index (χ3n) is 4.19. The van der Waals surface area contributed by atoms with Crippen molar-refractivity contribution in [2.45, 2.75) is 33.2 Å². The smallest absolute Gasteiger partial charge is 0.339 e. The van der Waals surface area contributed by atoms with Gasteiger partial charge in [0, 0.05) is 5.69 Å². The molecule has 0 saturated heterocycles. The van der Waals surface area contributed by atoms with Gasteiger partial charge in [0.25, 0.3) is 5.91 Å². The fourth-order valence-electron chi connectivity index (χ4n) is 2.73. The predicted molar refractivity (Wildman–Crippen MR) is 93.3 cm³/mol. The second-order valence-electron chi connectivity index (χ2n) is 5.75. The Hall–Kier alpha value is -3.07. The summed E-state index contributed by atoms with van der Waals surface area (Å²) in [6.07, 6.45) is 0.587. The number of hydrogen-bond acceptors (Lipinski definition) is 4. The number of aryl methyl sites for hydroxylation is 1. The van der Waals surface area contributed by atoms with E-state index >= 15 is 0 Å². The van der Waals surface area contributed by atoms with E-state index in [1.165, 1.54) is 7.11 Å². The molecule has 1 aromatic carbocycles. The molecule has 0 bridgehead atoms. The lowest BCUT2D eigenvalue weighted by molar-refractivity contribution is 0.0599. The molecule has 6 nitrogen and oxygen atoms in total. The number of rotatable bonds is 5. The summed E-state index contributed by atoms with van der Waals surface area (Å²) in [6.45, 7) is 5.49. The first-order chi connectivity index (χ1) is 11.9. The van der Waals surface area contributed by atoms with E-state index in [9.17, 15) is 9.59 Å². The first kappa shape index (κ1) is 18.3. The number of hydrogen-bond donors (Lipinski definition) is 2. The van der Waals surface area contributed by atoms with Gasteiger partial charge in [-0.2, -0.15) is 5.26 Å². The Kier molecular flexibility index (Phi) is 5.60. The molecule has 2 aromatic rings. The van der Waals surface area contributed by atoms with Crippen molar-refractivity contribution in [1.82, 2.24) is 10.3 Å². The number of aromatic nitrogens is 1. The Morgan fingerprint density at radius 3 is 2.48 bits per heavy atom. The first-order valence-corrected chi connectivity index (χ1v) is 8.03. The first-order valence-electron chi connectivity index (χ1n) is 8.03. The minimum Gasteiger partial charge on any atom is -0.465 e. The molecule has 0 aliphatic carbocycles. The molecule has 25 heavy (non-hydrogen) atoms. The van der Waals surface area contributed by atoms with Crippen LogP contribution in [0.3, 0.4) is 0 Å². The number of benzene rings is 1. The van der Waals surface area contributed by atoms with Gasteiger partial charge in [-0.1, -0.05) is 19.1 Å². The molecule has 0 aliphatic heterocycles. The van der Waals surface area contributed by atoms with Gasteiger partial charge in [0.1, 0.15) is 5.69 Å². The van der Waals surface area contributed by atoms with E-state index in [0.29, 0.717) is 34.5 Å². The standard InChI is InChI=1S/C19H21N3O3/c1-5-15-16(19(24)25-4)11(2)17(22-15)18(23)21-12(3)14-8-6-13(10-20)7-9-14/h6-9,12,22H,5H2,1-4H3,(H,21,23). The van der Waals surface area contributed by atoms with E-state index in [2.05, 4.69) is 16.4 Å². The molecule has 1 heterocycles. The van der Waals surface area contributed by atoms with Crippen molar-refractivity contribution in [2.24, 2.45) is 0 Å². The lowest BCUT2D eigenvalue weighted by Crippen LogP contribution is -2.27. The van der Waals surface area contributed by atoms with Gasteiger partial charge in [0.15, 0.2) is 0 Å². The van der Waals surface area contributed by atoms with Crippen LogP contribution in [0.25, 0.3) is 0 Å². The van der Waals surface area contributed by atoms with Crippen LogP contribution >= 0.6 is 0 Å². The molecule has 2 rings (SSSR count). The van der Waals surface area contributed by atoms with Crippen LogP contribution in [0, 0.1) is 18.3 Å². The number of amides is 1. The Balaban J connectivity index is 2.24. The van der Waals surface area contributed by atoms with Crippen molar-refractivity contribution in [3.63, 3.8) is 0 Å². The molecular weight excluding hydrogens is 318 g/mol. The molecule has 1 amide bonds. The lowest BCUT2D eigenvalue weighted by Gasteiger charge is -2.14. The molecule has 0 fully saturated rings. The van der Waals surface area contributed by atoms with Crippen LogP contribution in [-0.2, 0) is 11.2 Å². The van der Waals surface area contributed by atoms with Crippen LogP contribution in [0.4, 0.5) is 0 Å². The number of esters is 1. The van der Waals surface area contributed by atoms with Gasteiger partial charge in [-0.25, -0.2) is 4.79 Å². The van der Waals surface area contributed by atoms with E-state index < -0.39 is 5.97 Å². The highest BCUT2D eigenvalue weighted by Crippen LogP contribution is 2.21. The maximum Gasteiger partial charge on any atom is 0.339 e. The highest BCUT2D eigenvalue weighted by molar-refractivity contribution is 6.00. The number of methoxy groups -OCH3 is 1. The number of nitrogens with one attached hydrogen (secondary N) is 2. The number of aromatic amines is 1. The van der Waals surface area contributed by atoms with Crippen LogP contribution in [-0.4, -0.2) is 24.0 Å². The number of nitrogens with zero attached hydrogens (tertiary/aromatic N) is 1. The monoisotopic (exact) mass is 339 g/mol. The van der Waals surface area contributed by atoms with Crippen LogP contribution in [0.15, 0.2) is 24.3 Å². The molecular formula is C19H21N3O3. The van der Waals surface area contributed by atoms with Gasteiger partial charge >= 0.3 is 5.97 Å². The average Bonchev–Trinajstić information content (AvgIpc) is 2.97. The second-order valence-corrected chi connectivity index (χ2v) is 5.75. The summed E-state index contributed by atoms with van der Waals surface area (Å²) in [5.41, 5.74) is 3.49. The minimum atomic E-state index is -0.454. The Morgan fingerprint density at radius 2 is 1.96 bits per heavy atom. The van der Waals surface area contributed by atoms with Crippen molar-refractivity contribution in [2.75, 3.05) is 7.11 Å². The number of nitriles is 1. The highest BCUT2D eigenvalue weighted by atomic mass is 16.5. The van der Waals surface area contributed by atoms with Crippen LogP contribution < -0.4 is 5.32 Å². The fraction of sp³-hybridized carbons (Fsp3) is 0.316. The summed E-state index contributed by atoms with van der Waals surface area (Å²) in [6, 6.07) is 8.86. The van der Waals surface area contributed by atoms with E-state index in [4.69, 9.17) is 10.00 Å². The Bertz CT molecular complexity index is 829. The largest absolute Gasteiger partial charge is 0.465 e. The summed E-state index contributed by atoms with van der Waals surface area (Å²) in [4.78, 5) is 27.6. The quantitative estimate of drug-likeness (QED) is 0.819. The third kappa shape index (κ3) is 3.72. The minimum absolute atomic E-state index is 0.241. The molecule has 2 N–H and O–H groups in total. The third-order valence-corrected chi connectivity index (χ3v) is 4.19. The van der Waals surface area contributed by atoms with Gasteiger partial charge in [0.2, 0.25) is 0 Å². The zero-order valence-corrected chi connectivity index (χ0v) is 14.8. The molecule has 1 aromatic heterocycles. The van der Waals surface area contributed by atoms with Gasteiger partial charge < -0.3 is 15.0 Å². The molecule has 130 valence electrons. The van der Waals surface area contributed by atoms with E-state index in [1.807, 2.05) is 26.0 Å². The van der Waals surface area contributed by atoms with Gasteiger partial charge in [-0.05, 0) is 43.5 Å². The molecule has 0 spiro atoms. The summed E-state index contributed by atoms with van der Waals surface area (Å²) in [7, 11) is 1.32.